The molecule has 2 aromatic rings. The number of carbonyl (C=O) groups excluding carboxylic acids is 1. The van der Waals surface area contributed by atoms with Gasteiger partial charge < -0.3 is 9.88 Å². The van der Waals surface area contributed by atoms with Gasteiger partial charge in [-0.15, -0.1) is 10.2 Å². The summed E-state index contributed by atoms with van der Waals surface area (Å²) in [6.45, 7) is 3.50. The molecule has 0 saturated heterocycles. The van der Waals surface area contributed by atoms with Crippen LogP contribution in [-0.2, 0) is 34.2 Å². The minimum Gasteiger partial charge on any atom is -0.352 e. The SMILES string of the molecule is CCNS(=O)(=O)c1ccc(/C=C/C(=O)NCCc2nnc3n2CCCCC3)cc1. The summed E-state index contributed by atoms with van der Waals surface area (Å²) in [6.07, 6.45) is 8.22. The lowest BCUT2D eigenvalue weighted by Crippen LogP contribution is -2.24. The number of nitrogens with zero attached hydrogens (tertiary/aromatic N) is 3. The summed E-state index contributed by atoms with van der Waals surface area (Å²) in [5.74, 6) is 1.76. The van der Waals surface area contributed by atoms with Gasteiger partial charge in [-0.2, -0.15) is 0 Å². The number of rotatable bonds is 8. The smallest absolute Gasteiger partial charge is 0.244 e. The molecule has 3 rings (SSSR count). The molecule has 2 heterocycles. The van der Waals surface area contributed by atoms with E-state index in [0.29, 0.717) is 19.5 Å². The van der Waals surface area contributed by atoms with Crippen LogP contribution in [0.1, 0.15) is 43.4 Å². The van der Waals surface area contributed by atoms with E-state index in [1.165, 1.54) is 24.6 Å². The number of hydrogen-bond donors (Lipinski definition) is 2. The van der Waals surface area contributed by atoms with Crippen LogP contribution in [0.25, 0.3) is 6.08 Å². The number of benzene rings is 1. The number of amides is 1. The molecule has 1 aromatic heterocycles. The Labute approximate surface area is 171 Å². The van der Waals surface area contributed by atoms with Crippen LogP contribution in [0.2, 0.25) is 0 Å². The number of hydrogen-bond acceptors (Lipinski definition) is 5. The van der Waals surface area contributed by atoms with Crippen molar-refractivity contribution in [2.45, 2.75) is 50.5 Å². The summed E-state index contributed by atoms with van der Waals surface area (Å²) in [5.41, 5.74) is 0.748. The predicted octanol–water partition coefficient (Wildman–Crippen LogP) is 1.67. The third-order valence-corrected chi connectivity index (χ3v) is 6.35. The largest absolute Gasteiger partial charge is 0.352 e. The second-order valence-electron chi connectivity index (χ2n) is 6.94. The fourth-order valence-corrected chi connectivity index (χ4v) is 4.33. The quantitative estimate of drug-likeness (QED) is 0.636. The molecule has 0 fully saturated rings. The van der Waals surface area contributed by atoms with Gasteiger partial charge in [0.15, 0.2) is 0 Å². The van der Waals surface area contributed by atoms with E-state index < -0.39 is 10.0 Å². The Morgan fingerprint density at radius 1 is 1.17 bits per heavy atom. The summed E-state index contributed by atoms with van der Waals surface area (Å²) in [7, 11) is -3.47. The molecule has 0 radical (unpaired) electrons. The highest BCUT2D eigenvalue weighted by Gasteiger charge is 2.14. The van der Waals surface area contributed by atoms with Gasteiger partial charge in [-0.05, 0) is 36.6 Å². The van der Waals surface area contributed by atoms with E-state index in [4.69, 9.17) is 0 Å². The lowest BCUT2D eigenvalue weighted by molar-refractivity contribution is -0.116. The standard InChI is InChI=1S/C20H27N5O3S/c1-2-22-29(27,28)17-10-7-16(8-11-17)9-12-20(26)21-14-13-19-24-23-18-6-4-3-5-15-25(18)19/h7-12,22H,2-6,13-15H2,1H3,(H,21,26)/b12-9+. The lowest BCUT2D eigenvalue weighted by Gasteiger charge is -2.07. The molecule has 1 amide bonds. The highest BCUT2D eigenvalue weighted by molar-refractivity contribution is 7.89. The average Bonchev–Trinajstić information content (AvgIpc) is 2.93. The molecule has 29 heavy (non-hydrogen) atoms. The molecule has 0 atom stereocenters. The van der Waals surface area contributed by atoms with Crippen molar-refractivity contribution in [2.75, 3.05) is 13.1 Å². The first-order valence-electron chi connectivity index (χ1n) is 9.96. The van der Waals surface area contributed by atoms with Crippen LogP contribution < -0.4 is 10.0 Å². The number of nitrogens with one attached hydrogen (secondary N) is 2. The molecule has 1 aliphatic rings. The lowest BCUT2D eigenvalue weighted by atomic mass is 10.2. The van der Waals surface area contributed by atoms with Crippen LogP contribution in [0, 0.1) is 0 Å². The zero-order valence-corrected chi connectivity index (χ0v) is 17.4. The van der Waals surface area contributed by atoms with Gasteiger partial charge in [0.2, 0.25) is 15.9 Å². The van der Waals surface area contributed by atoms with Crippen molar-refractivity contribution in [1.82, 2.24) is 24.8 Å². The highest BCUT2D eigenvalue weighted by Crippen LogP contribution is 2.14. The highest BCUT2D eigenvalue weighted by atomic mass is 32.2. The molecule has 0 unspecified atom stereocenters. The van der Waals surface area contributed by atoms with Crippen molar-refractivity contribution < 1.29 is 13.2 Å². The molecule has 2 N–H and O–H groups in total. The van der Waals surface area contributed by atoms with Crippen LogP contribution in [0.15, 0.2) is 35.2 Å². The van der Waals surface area contributed by atoms with Crippen molar-refractivity contribution in [3.63, 3.8) is 0 Å². The molecule has 0 saturated carbocycles. The number of sulfonamides is 1. The first-order valence-corrected chi connectivity index (χ1v) is 11.4. The van der Waals surface area contributed by atoms with E-state index in [0.717, 1.165) is 43.0 Å². The second-order valence-corrected chi connectivity index (χ2v) is 8.71. The van der Waals surface area contributed by atoms with E-state index >= 15 is 0 Å². The van der Waals surface area contributed by atoms with Gasteiger partial charge >= 0.3 is 0 Å². The Hall–Kier alpha value is -2.52. The summed E-state index contributed by atoms with van der Waals surface area (Å²) >= 11 is 0. The molecule has 0 aliphatic carbocycles. The first kappa shape index (κ1) is 21.2. The maximum absolute atomic E-state index is 12.1. The molecule has 0 bridgehead atoms. The molecule has 1 aromatic carbocycles. The van der Waals surface area contributed by atoms with E-state index in [9.17, 15) is 13.2 Å². The van der Waals surface area contributed by atoms with Crippen molar-refractivity contribution >= 4 is 22.0 Å². The van der Waals surface area contributed by atoms with Crippen LogP contribution in [0.5, 0.6) is 0 Å². The van der Waals surface area contributed by atoms with Gasteiger partial charge in [0, 0.05) is 38.6 Å². The minimum atomic E-state index is -3.47. The molecular weight excluding hydrogens is 390 g/mol. The molecule has 9 heteroatoms. The number of fused-ring (bicyclic) bond motifs is 1. The molecular formula is C20H27N5O3S. The fourth-order valence-electron chi connectivity index (χ4n) is 3.29. The van der Waals surface area contributed by atoms with Crippen molar-refractivity contribution in [3.05, 3.63) is 47.6 Å². The van der Waals surface area contributed by atoms with E-state index in [-0.39, 0.29) is 10.8 Å². The van der Waals surface area contributed by atoms with Crippen molar-refractivity contribution in [3.8, 4) is 0 Å². The third kappa shape index (κ3) is 5.74. The van der Waals surface area contributed by atoms with Crippen LogP contribution in [0.4, 0.5) is 0 Å². The van der Waals surface area contributed by atoms with Crippen LogP contribution in [-0.4, -0.2) is 42.2 Å². The molecule has 0 spiro atoms. The van der Waals surface area contributed by atoms with Crippen LogP contribution >= 0.6 is 0 Å². The Kier molecular flexibility index (Phi) is 7.16. The van der Waals surface area contributed by atoms with Gasteiger partial charge in [0.1, 0.15) is 11.6 Å². The summed E-state index contributed by atoms with van der Waals surface area (Å²) in [6, 6.07) is 6.37. The Morgan fingerprint density at radius 3 is 2.72 bits per heavy atom. The predicted molar refractivity (Wildman–Crippen MR) is 111 cm³/mol. The zero-order chi connectivity index (χ0) is 20.7. The normalized spacial score (nSPS) is 14.5. The Morgan fingerprint density at radius 2 is 1.97 bits per heavy atom. The Bertz CT molecular complexity index is 965. The maximum atomic E-state index is 12.1. The van der Waals surface area contributed by atoms with Gasteiger partial charge in [-0.25, -0.2) is 13.1 Å². The first-order chi connectivity index (χ1) is 14.0. The fraction of sp³-hybridized carbons (Fsp3) is 0.450. The number of aromatic nitrogens is 3. The summed E-state index contributed by atoms with van der Waals surface area (Å²) in [4.78, 5) is 12.3. The summed E-state index contributed by atoms with van der Waals surface area (Å²) < 4.78 is 28.5. The molecule has 8 nitrogen and oxygen atoms in total. The average molecular weight is 418 g/mol. The maximum Gasteiger partial charge on any atom is 0.244 e. The topological polar surface area (TPSA) is 106 Å². The van der Waals surface area contributed by atoms with Gasteiger partial charge in [-0.1, -0.05) is 25.5 Å². The Balaban J connectivity index is 1.50. The zero-order valence-electron chi connectivity index (χ0n) is 16.6. The molecule has 156 valence electrons. The van der Waals surface area contributed by atoms with Crippen molar-refractivity contribution in [1.29, 1.82) is 0 Å². The number of carbonyl (C=O) groups is 1. The minimum absolute atomic E-state index is 0.202. The van der Waals surface area contributed by atoms with Gasteiger partial charge in [0.25, 0.3) is 0 Å². The summed E-state index contributed by atoms with van der Waals surface area (Å²) in [5, 5.41) is 11.4. The van der Waals surface area contributed by atoms with E-state index in [1.807, 2.05) is 0 Å². The van der Waals surface area contributed by atoms with Crippen LogP contribution in [0.3, 0.4) is 0 Å². The van der Waals surface area contributed by atoms with E-state index in [2.05, 4.69) is 24.8 Å². The monoisotopic (exact) mass is 417 g/mol. The van der Waals surface area contributed by atoms with Gasteiger partial charge in [0.05, 0.1) is 4.90 Å². The van der Waals surface area contributed by atoms with Gasteiger partial charge in [-0.3, -0.25) is 4.79 Å². The third-order valence-electron chi connectivity index (χ3n) is 4.79. The van der Waals surface area contributed by atoms with Crippen molar-refractivity contribution in [2.24, 2.45) is 0 Å². The number of aryl methyl sites for hydroxylation is 1. The second kappa shape index (κ2) is 9.80. The molecule has 1 aliphatic heterocycles. The van der Waals surface area contributed by atoms with E-state index in [1.54, 1.807) is 25.1 Å².